The average molecular weight is 401 g/mol. The summed E-state index contributed by atoms with van der Waals surface area (Å²) in [5.41, 5.74) is 1.63. The standard InChI is InChI=1S/C22H32N4O3/c1-6-23-20(25-15-19-8-7-13-28-19)24-14-17-9-11-18(12-10-17)16-26(5)21(27)29-22(2,3)4/h7-13H,6,14-16H2,1-5H3,(H2,23,24,25). The van der Waals surface area contributed by atoms with E-state index in [2.05, 4.69) is 15.6 Å². The normalized spacial score (nSPS) is 11.8. The van der Waals surface area contributed by atoms with E-state index in [0.29, 0.717) is 19.6 Å². The molecule has 0 atom stereocenters. The van der Waals surface area contributed by atoms with Crippen molar-refractivity contribution in [1.29, 1.82) is 0 Å². The van der Waals surface area contributed by atoms with E-state index in [4.69, 9.17) is 9.15 Å². The first-order valence-electron chi connectivity index (χ1n) is 9.83. The quantitative estimate of drug-likeness (QED) is 0.544. The Kier molecular flexibility index (Phi) is 8.12. The van der Waals surface area contributed by atoms with Gasteiger partial charge < -0.3 is 24.7 Å². The van der Waals surface area contributed by atoms with Gasteiger partial charge >= 0.3 is 6.09 Å². The van der Waals surface area contributed by atoms with Gasteiger partial charge in [-0.1, -0.05) is 24.3 Å². The lowest BCUT2D eigenvalue weighted by Gasteiger charge is -2.24. The lowest BCUT2D eigenvalue weighted by Crippen LogP contribution is -2.36. The van der Waals surface area contributed by atoms with Gasteiger partial charge in [0.1, 0.15) is 11.4 Å². The Hall–Kier alpha value is -2.96. The van der Waals surface area contributed by atoms with Gasteiger partial charge in [0.05, 0.1) is 19.4 Å². The summed E-state index contributed by atoms with van der Waals surface area (Å²) in [6.45, 7) is 10.0. The van der Waals surface area contributed by atoms with Gasteiger partial charge in [-0.2, -0.15) is 0 Å². The molecule has 0 saturated carbocycles. The summed E-state index contributed by atoms with van der Waals surface area (Å²) in [5.74, 6) is 1.59. The molecule has 1 aromatic heterocycles. The van der Waals surface area contributed by atoms with Crippen LogP contribution in [-0.2, 0) is 24.4 Å². The van der Waals surface area contributed by atoms with Crippen LogP contribution in [0.15, 0.2) is 52.1 Å². The average Bonchev–Trinajstić information content (AvgIpc) is 3.17. The van der Waals surface area contributed by atoms with Crippen molar-refractivity contribution in [1.82, 2.24) is 15.5 Å². The van der Waals surface area contributed by atoms with Crippen molar-refractivity contribution in [3.05, 3.63) is 59.5 Å². The number of hydrogen-bond donors (Lipinski definition) is 2. The second-order valence-corrected chi connectivity index (χ2v) is 7.78. The van der Waals surface area contributed by atoms with E-state index in [0.717, 1.165) is 29.4 Å². The van der Waals surface area contributed by atoms with Gasteiger partial charge in [-0.3, -0.25) is 0 Å². The van der Waals surface area contributed by atoms with Crippen LogP contribution in [-0.4, -0.2) is 36.1 Å². The van der Waals surface area contributed by atoms with Crippen molar-refractivity contribution >= 4 is 12.1 Å². The minimum atomic E-state index is -0.498. The number of carbonyl (C=O) groups is 1. The Labute approximate surface area is 173 Å². The minimum absolute atomic E-state index is 0.330. The molecular formula is C22H32N4O3. The SMILES string of the molecule is CCNC(=NCc1ccc(CN(C)C(=O)OC(C)(C)C)cc1)NCc1ccco1. The molecule has 0 bridgehead atoms. The van der Waals surface area contributed by atoms with E-state index < -0.39 is 5.60 Å². The fraction of sp³-hybridized carbons (Fsp3) is 0.455. The minimum Gasteiger partial charge on any atom is -0.467 e. The predicted molar refractivity (Wildman–Crippen MR) is 115 cm³/mol. The number of hydrogen-bond acceptors (Lipinski definition) is 4. The maximum atomic E-state index is 12.1. The van der Waals surface area contributed by atoms with E-state index in [9.17, 15) is 4.79 Å². The van der Waals surface area contributed by atoms with Gasteiger partial charge in [-0.15, -0.1) is 0 Å². The highest BCUT2D eigenvalue weighted by Crippen LogP contribution is 2.12. The Balaban J connectivity index is 1.89. The summed E-state index contributed by atoms with van der Waals surface area (Å²) < 4.78 is 10.7. The number of amides is 1. The lowest BCUT2D eigenvalue weighted by atomic mass is 10.1. The number of nitrogens with zero attached hydrogens (tertiary/aromatic N) is 2. The van der Waals surface area contributed by atoms with Crippen LogP contribution in [0.3, 0.4) is 0 Å². The molecule has 0 aliphatic carbocycles. The number of guanidine groups is 1. The Morgan fingerprint density at radius 2 is 1.83 bits per heavy atom. The first kappa shape index (κ1) is 22.3. The summed E-state index contributed by atoms with van der Waals surface area (Å²) >= 11 is 0. The number of benzene rings is 1. The molecule has 7 nitrogen and oxygen atoms in total. The predicted octanol–water partition coefficient (Wildman–Crippen LogP) is 3.90. The summed E-state index contributed by atoms with van der Waals surface area (Å²) in [6, 6.07) is 11.9. The Morgan fingerprint density at radius 1 is 1.14 bits per heavy atom. The number of rotatable bonds is 7. The van der Waals surface area contributed by atoms with Crippen molar-refractivity contribution < 1.29 is 13.9 Å². The number of aliphatic imine (C=N–C) groups is 1. The van der Waals surface area contributed by atoms with Crippen LogP contribution < -0.4 is 10.6 Å². The molecular weight excluding hydrogens is 368 g/mol. The fourth-order valence-electron chi connectivity index (χ4n) is 2.52. The monoisotopic (exact) mass is 400 g/mol. The maximum Gasteiger partial charge on any atom is 0.410 e. The second-order valence-electron chi connectivity index (χ2n) is 7.78. The molecule has 0 fully saturated rings. The van der Waals surface area contributed by atoms with Crippen LogP contribution in [0.25, 0.3) is 0 Å². The topological polar surface area (TPSA) is 79.1 Å². The summed E-state index contributed by atoms with van der Waals surface area (Å²) in [6.07, 6.45) is 1.33. The molecule has 2 aromatic rings. The highest BCUT2D eigenvalue weighted by molar-refractivity contribution is 5.79. The smallest absolute Gasteiger partial charge is 0.410 e. The highest BCUT2D eigenvalue weighted by atomic mass is 16.6. The van der Waals surface area contributed by atoms with Crippen LogP contribution in [0.2, 0.25) is 0 Å². The molecule has 0 aliphatic heterocycles. The van der Waals surface area contributed by atoms with Crippen molar-refractivity contribution in [3.63, 3.8) is 0 Å². The Morgan fingerprint density at radius 3 is 2.41 bits per heavy atom. The molecule has 1 amide bonds. The molecule has 158 valence electrons. The summed E-state index contributed by atoms with van der Waals surface area (Å²) in [4.78, 5) is 18.3. The van der Waals surface area contributed by atoms with E-state index in [1.54, 1.807) is 18.2 Å². The van der Waals surface area contributed by atoms with Crippen LogP contribution >= 0.6 is 0 Å². The molecule has 0 saturated heterocycles. The van der Waals surface area contributed by atoms with E-state index >= 15 is 0 Å². The van der Waals surface area contributed by atoms with Gasteiger partial charge in [-0.05, 0) is 51.0 Å². The van der Waals surface area contributed by atoms with Crippen molar-refractivity contribution in [3.8, 4) is 0 Å². The van der Waals surface area contributed by atoms with Gasteiger partial charge in [0.2, 0.25) is 0 Å². The number of furan rings is 1. The van der Waals surface area contributed by atoms with E-state index in [1.165, 1.54) is 0 Å². The number of ether oxygens (including phenoxy) is 1. The maximum absolute atomic E-state index is 12.1. The summed E-state index contributed by atoms with van der Waals surface area (Å²) in [5, 5.41) is 6.47. The number of nitrogens with one attached hydrogen (secondary N) is 2. The molecule has 0 spiro atoms. The van der Waals surface area contributed by atoms with E-state index in [-0.39, 0.29) is 6.09 Å². The van der Waals surface area contributed by atoms with Crippen LogP contribution in [0.1, 0.15) is 44.6 Å². The van der Waals surface area contributed by atoms with Crippen molar-refractivity contribution in [2.45, 2.75) is 52.9 Å². The van der Waals surface area contributed by atoms with Gasteiger partial charge in [0, 0.05) is 20.1 Å². The van der Waals surface area contributed by atoms with E-state index in [1.807, 2.05) is 64.1 Å². The first-order valence-corrected chi connectivity index (χ1v) is 9.83. The molecule has 1 heterocycles. The lowest BCUT2D eigenvalue weighted by molar-refractivity contribution is 0.0285. The van der Waals surface area contributed by atoms with Gasteiger partial charge in [-0.25, -0.2) is 9.79 Å². The molecule has 0 radical (unpaired) electrons. The zero-order valence-electron chi connectivity index (χ0n) is 18.0. The number of carbonyl (C=O) groups excluding carboxylic acids is 1. The van der Waals surface area contributed by atoms with Gasteiger partial charge in [0.15, 0.2) is 5.96 Å². The molecule has 0 unspecified atom stereocenters. The molecule has 29 heavy (non-hydrogen) atoms. The molecule has 2 N–H and O–H groups in total. The molecule has 2 rings (SSSR count). The second kappa shape index (κ2) is 10.5. The van der Waals surface area contributed by atoms with Crippen LogP contribution in [0.4, 0.5) is 4.79 Å². The van der Waals surface area contributed by atoms with Crippen molar-refractivity contribution in [2.75, 3.05) is 13.6 Å². The highest BCUT2D eigenvalue weighted by Gasteiger charge is 2.19. The third kappa shape index (κ3) is 8.29. The zero-order chi connectivity index (χ0) is 21.3. The van der Waals surface area contributed by atoms with Gasteiger partial charge in [0.25, 0.3) is 0 Å². The largest absolute Gasteiger partial charge is 0.467 e. The molecule has 1 aromatic carbocycles. The third-order valence-corrected chi connectivity index (χ3v) is 3.92. The van der Waals surface area contributed by atoms with Crippen LogP contribution in [0, 0.1) is 0 Å². The zero-order valence-corrected chi connectivity index (χ0v) is 18.0. The summed E-state index contributed by atoms with van der Waals surface area (Å²) in [7, 11) is 1.74. The fourth-order valence-corrected chi connectivity index (χ4v) is 2.52. The Bertz CT molecular complexity index is 777. The molecule has 7 heteroatoms. The van der Waals surface area contributed by atoms with Crippen LogP contribution in [0.5, 0.6) is 0 Å². The van der Waals surface area contributed by atoms with Crippen molar-refractivity contribution in [2.24, 2.45) is 4.99 Å². The first-order chi connectivity index (χ1) is 13.8. The third-order valence-electron chi connectivity index (χ3n) is 3.92. The molecule has 0 aliphatic rings.